The molecule has 1 heterocycles. The second kappa shape index (κ2) is 6.34. The lowest BCUT2D eigenvalue weighted by Crippen LogP contribution is -2.38. The molecule has 2 aromatic rings. The lowest BCUT2D eigenvalue weighted by Gasteiger charge is -2.31. The Labute approximate surface area is 150 Å². The molecule has 0 radical (unpaired) electrons. The van der Waals surface area contributed by atoms with Crippen LogP contribution in [-0.4, -0.2) is 18.1 Å². The fourth-order valence-electron chi connectivity index (χ4n) is 3.42. The first-order valence-electron chi connectivity index (χ1n) is 8.44. The van der Waals surface area contributed by atoms with Crippen LogP contribution >= 0.6 is 0 Å². The molecule has 0 saturated heterocycles. The molecular formula is C20H21F3N2O. The van der Waals surface area contributed by atoms with E-state index >= 15 is 0 Å². The molecule has 26 heavy (non-hydrogen) atoms. The van der Waals surface area contributed by atoms with Gasteiger partial charge >= 0.3 is 12.1 Å². The van der Waals surface area contributed by atoms with E-state index in [2.05, 4.69) is 25.7 Å². The van der Waals surface area contributed by atoms with Crippen LogP contribution in [0.25, 0.3) is 0 Å². The summed E-state index contributed by atoms with van der Waals surface area (Å²) in [6.07, 6.45) is -4.91. The molecule has 0 aromatic heterocycles. The lowest BCUT2D eigenvalue weighted by atomic mass is 9.81. The van der Waals surface area contributed by atoms with Gasteiger partial charge in [0.05, 0.1) is 0 Å². The molecule has 1 atom stereocenters. The zero-order chi connectivity index (χ0) is 19.1. The van der Waals surface area contributed by atoms with Gasteiger partial charge in [0.1, 0.15) is 0 Å². The molecule has 2 aromatic carbocycles. The normalized spacial score (nSPS) is 18.5. The number of alkyl halides is 3. The van der Waals surface area contributed by atoms with Crippen molar-refractivity contribution in [2.75, 3.05) is 10.2 Å². The Kier molecular flexibility index (Phi) is 4.46. The van der Waals surface area contributed by atoms with Crippen molar-refractivity contribution in [2.24, 2.45) is 0 Å². The van der Waals surface area contributed by atoms with Gasteiger partial charge < -0.3 is 10.2 Å². The number of nitrogens with one attached hydrogen (secondary N) is 1. The Morgan fingerprint density at radius 2 is 1.81 bits per heavy atom. The van der Waals surface area contributed by atoms with Gasteiger partial charge in [0.2, 0.25) is 0 Å². The number of halogens is 3. The summed E-state index contributed by atoms with van der Waals surface area (Å²) >= 11 is 0. The summed E-state index contributed by atoms with van der Waals surface area (Å²) in [7, 11) is 0. The van der Waals surface area contributed by atoms with Gasteiger partial charge in [0.15, 0.2) is 0 Å². The maximum Gasteiger partial charge on any atom is 0.471 e. The van der Waals surface area contributed by atoms with Crippen LogP contribution in [-0.2, 0) is 16.8 Å². The zero-order valence-corrected chi connectivity index (χ0v) is 14.9. The molecule has 0 aliphatic carbocycles. The molecule has 1 N–H and O–H groups in total. The number of nitrogens with zero attached hydrogens (tertiary/aromatic N) is 1. The van der Waals surface area contributed by atoms with Crippen LogP contribution in [0.3, 0.4) is 0 Å². The highest BCUT2D eigenvalue weighted by Crippen LogP contribution is 2.46. The second-order valence-corrected chi connectivity index (χ2v) is 7.19. The average molecular weight is 362 g/mol. The third-order valence-electron chi connectivity index (χ3n) is 5.22. The molecule has 1 aliphatic heterocycles. The Morgan fingerprint density at radius 3 is 2.42 bits per heavy atom. The fraction of sp³-hybridized carbons (Fsp3) is 0.350. The monoisotopic (exact) mass is 362 g/mol. The molecule has 0 fully saturated rings. The SMILES string of the molecule is CC1N(Cc2ccccc2)c2cc(NC(=O)C(F)(F)F)ccc2C1(C)C. The van der Waals surface area contributed by atoms with Crippen LogP contribution in [0.2, 0.25) is 0 Å². The van der Waals surface area contributed by atoms with E-state index < -0.39 is 12.1 Å². The van der Waals surface area contributed by atoms with Gasteiger partial charge in [-0.15, -0.1) is 0 Å². The topological polar surface area (TPSA) is 32.3 Å². The van der Waals surface area contributed by atoms with E-state index in [9.17, 15) is 18.0 Å². The first kappa shape index (κ1) is 18.3. The molecule has 6 heteroatoms. The molecule has 3 rings (SSSR count). The van der Waals surface area contributed by atoms with Gasteiger partial charge in [-0.05, 0) is 30.2 Å². The fourth-order valence-corrected chi connectivity index (χ4v) is 3.42. The maximum absolute atomic E-state index is 12.5. The highest BCUT2D eigenvalue weighted by molar-refractivity contribution is 5.95. The van der Waals surface area contributed by atoms with Crippen molar-refractivity contribution in [3.8, 4) is 0 Å². The van der Waals surface area contributed by atoms with Gasteiger partial charge in [0.25, 0.3) is 0 Å². The van der Waals surface area contributed by atoms with Crippen LogP contribution in [0, 0.1) is 0 Å². The zero-order valence-electron chi connectivity index (χ0n) is 14.9. The van der Waals surface area contributed by atoms with E-state index in [1.165, 1.54) is 6.07 Å². The molecule has 0 bridgehead atoms. The van der Waals surface area contributed by atoms with Crippen molar-refractivity contribution in [1.29, 1.82) is 0 Å². The van der Waals surface area contributed by atoms with Gasteiger partial charge in [-0.3, -0.25) is 4.79 Å². The smallest absolute Gasteiger partial charge is 0.363 e. The molecule has 138 valence electrons. The number of benzene rings is 2. The van der Waals surface area contributed by atoms with E-state index in [0.717, 1.165) is 16.8 Å². The van der Waals surface area contributed by atoms with Crippen LogP contribution in [0.15, 0.2) is 48.5 Å². The number of carbonyl (C=O) groups excluding carboxylic acids is 1. The molecule has 1 aliphatic rings. The largest absolute Gasteiger partial charge is 0.471 e. The lowest BCUT2D eigenvalue weighted by molar-refractivity contribution is -0.167. The van der Waals surface area contributed by atoms with E-state index in [0.29, 0.717) is 6.54 Å². The van der Waals surface area contributed by atoms with Gasteiger partial charge in [0, 0.05) is 29.4 Å². The molecule has 3 nitrogen and oxygen atoms in total. The maximum atomic E-state index is 12.5. The van der Waals surface area contributed by atoms with E-state index in [4.69, 9.17) is 0 Å². The molecule has 1 unspecified atom stereocenters. The molecule has 1 amide bonds. The van der Waals surface area contributed by atoms with Gasteiger partial charge in [-0.25, -0.2) is 0 Å². The predicted molar refractivity (Wildman–Crippen MR) is 96.2 cm³/mol. The molecule has 0 saturated carbocycles. The number of anilines is 2. The third kappa shape index (κ3) is 3.28. The summed E-state index contributed by atoms with van der Waals surface area (Å²) in [6.45, 7) is 7.00. The minimum atomic E-state index is -4.91. The Morgan fingerprint density at radius 1 is 1.15 bits per heavy atom. The minimum absolute atomic E-state index is 0.147. The Balaban J connectivity index is 1.95. The highest BCUT2D eigenvalue weighted by Gasteiger charge is 2.42. The first-order valence-corrected chi connectivity index (χ1v) is 8.44. The Hall–Kier alpha value is -2.50. The van der Waals surface area contributed by atoms with Crippen LogP contribution in [0.4, 0.5) is 24.5 Å². The van der Waals surface area contributed by atoms with Crippen molar-refractivity contribution in [3.63, 3.8) is 0 Å². The third-order valence-corrected chi connectivity index (χ3v) is 5.22. The van der Waals surface area contributed by atoms with Crippen molar-refractivity contribution < 1.29 is 18.0 Å². The Bertz CT molecular complexity index is 816. The van der Waals surface area contributed by atoms with Crippen LogP contribution in [0.5, 0.6) is 0 Å². The van der Waals surface area contributed by atoms with Crippen molar-refractivity contribution in [3.05, 3.63) is 59.7 Å². The summed E-state index contributed by atoms with van der Waals surface area (Å²) in [5.74, 6) is -1.96. The summed E-state index contributed by atoms with van der Waals surface area (Å²) < 4.78 is 37.6. The standard InChI is InChI=1S/C20H21F3N2O/c1-13-19(2,3)16-10-9-15(24-18(26)20(21,22)23)11-17(16)25(13)12-14-7-5-4-6-8-14/h4-11,13H,12H2,1-3H3,(H,24,26). The minimum Gasteiger partial charge on any atom is -0.363 e. The van der Waals surface area contributed by atoms with Gasteiger partial charge in [-0.2, -0.15) is 13.2 Å². The van der Waals surface area contributed by atoms with Crippen LogP contribution < -0.4 is 10.2 Å². The quantitative estimate of drug-likeness (QED) is 0.845. The number of hydrogen-bond acceptors (Lipinski definition) is 2. The molecule has 0 spiro atoms. The van der Waals surface area contributed by atoms with E-state index in [1.807, 2.05) is 41.7 Å². The van der Waals surface area contributed by atoms with Crippen molar-refractivity contribution >= 4 is 17.3 Å². The first-order chi connectivity index (χ1) is 12.1. The summed E-state index contributed by atoms with van der Waals surface area (Å²) in [6, 6.07) is 15.0. The number of amides is 1. The predicted octanol–water partition coefficient (Wildman–Crippen LogP) is 4.87. The average Bonchev–Trinajstić information content (AvgIpc) is 2.76. The van der Waals surface area contributed by atoms with Crippen molar-refractivity contribution in [1.82, 2.24) is 0 Å². The highest BCUT2D eigenvalue weighted by atomic mass is 19.4. The summed E-state index contributed by atoms with van der Waals surface area (Å²) in [5, 5.41) is 1.95. The number of rotatable bonds is 3. The van der Waals surface area contributed by atoms with Crippen molar-refractivity contribution in [2.45, 2.75) is 44.9 Å². The second-order valence-electron chi connectivity index (χ2n) is 7.19. The van der Waals surface area contributed by atoms with E-state index in [-0.39, 0.29) is 17.1 Å². The van der Waals surface area contributed by atoms with Crippen LogP contribution in [0.1, 0.15) is 31.9 Å². The van der Waals surface area contributed by atoms with Gasteiger partial charge in [-0.1, -0.05) is 50.2 Å². The summed E-state index contributed by atoms with van der Waals surface area (Å²) in [5.41, 5.74) is 3.02. The number of hydrogen-bond donors (Lipinski definition) is 1. The molecular weight excluding hydrogens is 341 g/mol. The number of carbonyl (C=O) groups is 1. The summed E-state index contributed by atoms with van der Waals surface area (Å²) in [4.78, 5) is 13.4. The number of fused-ring (bicyclic) bond motifs is 1. The van der Waals surface area contributed by atoms with E-state index in [1.54, 1.807) is 6.07 Å².